The van der Waals surface area contributed by atoms with E-state index in [9.17, 15) is 4.79 Å². The van der Waals surface area contributed by atoms with Gasteiger partial charge in [0.25, 0.3) is 5.91 Å². The highest BCUT2D eigenvalue weighted by Crippen LogP contribution is 2.36. The molecular formula is C25H31BN4O3. The fourth-order valence-corrected chi connectivity index (χ4v) is 4.69. The molecule has 7 nitrogen and oxygen atoms in total. The van der Waals surface area contributed by atoms with Crippen molar-refractivity contribution in [3.05, 3.63) is 58.9 Å². The van der Waals surface area contributed by atoms with Crippen LogP contribution in [0.3, 0.4) is 0 Å². The SMILES string of the molecule is CCc1cc(C(=O)N2CCc3ccccc3[C@H]2C)nc2cc(B3OC(C)(C)C(C)(C)O3)nn12. The molecule has 2 aliphatic rings. The second kappa shape index (κ2) is 7.67. The highest BCUT2D eigenvalue weighted by atomic mass is 16.7. The molecule has 0 aliphatic carbocycles. The highest BCUT2D eigenvalue weighted by molar-refractivity contribution is 6.61. The molecule has 3 aromatic rings. The topological polar surface area (TPSA) is 69.0 Å². The first-order chi connectivity index (χ1) is 15.6. The van der Waals surface area contributed by atoms with E-state index in [4.69, 9.17) is 19.4 Å². The molecule has 1 amide bonds. The predicted molar refractivity (Wildman–Crippen MR) is 128 cm³/mol. The third-order valence-electron chi connectivity index (χ3n) is 7.45. The number of aryl methyl sites for hydroxylation is 1. The lowest BCUT2D eigenvalue weighted by atomic mass is 9.85. The molecule has 172 valence electrons. The number of nitrogens with zero attached hydrogens (tertiary/aromatic N) is 4. The molecular weight excluding hydrogens is 415 g/mol. The average Bonchev–Trinajstić information content (AvgIpc) is 3.30. The molecule has 33 heavy (non-hydrogen) atoms. The smallest absolute Gasteiger partial charge is 0.398 e. The Labute approximate surface area is 195 Å². The fourth-order valence-electron chi connectivity index (χ4n) is 4.69. The van der Waals surface area contributed by atoms with E-state index in [1.54, 1.807) is 4.52 Å². The number of rotatable bonds is 3. The third-order valence-corrected chi connectivity index (χ3v) is 7.45. The van der Waals surface area contributed by atoms with Gasteiger partial charge in [0.05, 0.1) is 22.8 Å². The molecule has 0 radical (unpaired) electrons. The number of carbonyl (C=O) groups excluding carboxylic acids is 1. The standard InChI is InChI=1S/C25H31BN4O3/c1-7-18-14-20(23(31)29-13-12-17-10-8-9-11-19(17)16(29)2)27-22-15-21(28-30(18)22)26-32-24(3,4)25(5,6)33-26/h8-11,14-16H,7,12-13H2,1-6H3/t16-/m1/s1. The van der Waals surface area contributed by atoms with Crippen molar-refractivity contribution in [1.82, 2.24) is 19.5 Å². The Morgan fingerprint density at radius 2 is 1.85 bits per heavy atom. The van der Waals surface area contributed by atoms with Gasteiger partial charge in [-0.1, -0.05) is 31.2 Å². The Balaban J connectivity index is 1.48. The first-order valence-corrected chi connectivity index (χ1v) is 11.8. The van der Waals surface area contributed by atoms with Crippen LogP contribution in [0, 0.1) is 0 Å². The molecule has 0 N–H and O–H groups in total. The number of aromatic nitrogens is 3. The van der Waals surface area contributed by atoms with Crippen LogP contribution < -0.4 is 5.59 Å². The number of hydrogen-bond acceptors (Lipinski definition) is 5. The summed E-state index contributed by atoms with van der Waals surface area (Å²) < 4.78 is 14.1. The molecule has 5 rings (SSSR count). The molecule has 1 fully saturated rings. The average molecular weight is 446 g/mol. The van der Waals surface area contributed by atoms with E-state index >= 15 is 0 Å². The van der Waals surface area contributed by atoms with Gasteiger partial charge < -0.3 is 14.2 Å². The second-order valence-corrected chi connectivity index (χ2v) is 10.0. The molecule has 0 spiro atoms. The Hall–Kier alpha value is -2.71. The van der Waals surface area contributed by atoms with Gasteiger partial charge in [-0.25, -0.2) is 9.50 Å². The number of amides is 1. The summed E-state index contributed by atoms with van der Waals surface area (Å²) in [5.41, 5.74) is 4.30. The zero-order valence-electron chi connectivity index (χ0n) is 20.3. The Bertz CT molecular complexity index is 1220. The van der Waals surface area contributed by atoms with Gasteiger partial charge in [0.1, 0.15) is 5.69 Å². The van der Waals surface area contributed by atoms with Crippen LogP contribution in [0.2, 0.25) is 0 Å². The summed E-state index contributed by atoms with van der Waals surface area (Å²) in [7, 11) is -0.570. The number of fused-ring (bicyclic) bond motifs is 2. The maximum Gasteiger partial charge on any atom is 0.516 e. The van der Waals surface area contributed by atoms with E-state index in [0.717, 1.165) is 18.5 Å². The maximum absolute atomic E-state index is 13.5. The number of hydrogen-bond donors (Lipinski definition) is 0. The molecule has 8 heteroatoms. The fraction of sp³-hybridized carbons (Fsp3) is 0.480. The normalized spacial score (nSPS) is 21.5. The molecule has 0 saturated carbocycles. The molecule has 0 bridgehead atoms. The molecule has 2 aromatic heterocycles. The van der Waals surface area contributed by atoms with E-state index in [1.807, 2.05) is 50.8 Å². The van der Waals surface area contributed by atoms with Crippen LogP contribution in [0.4, 0.5) is 0 Å². The van der Waals surface area contributed by atoms with E-state index in [2.05, 4.69) is 32.0 Å². The molecule has 2 aliphatic heterocycles. The minimum atomic E-state index is -0.570. The largest absolute Gasteiger partial charge is 0.516 e. The van der Waals surface area contributed by atoms with Crippen molar-refractivity contribution in [2.24, 2.45) is 0 Å². The second-order valence-electron chi connectivity index (χ2n) is 10.0. The van der Waals surface area contributed by atoms with Gasteiger partial charge in [0.15, 0.2) is 5.65 Å². The quantitative estimate of drug-likeness (QED) is 0.578. The van der Waals surface area contributed by atoms with Gasteiger partial charge in [0.2, 0.25) is 0 Å². The molecule has 4 heterocycles. The van der Waals surface area contributed by atoms with E-state index in [1.165, 1.54) is 11.1 Å². The Morgan fingerprint density at radius 1 is 1.15 bits per heavy atom. The number of benzene rings is 1. The first kappa shape index (κ1) is 22.1. The zero-order valence-corrected chi connectivity index (χ0v) is 20.3. The van der Waals surface area contributed by atoms with Crippen LogP contribution >= 0.6 is 0 Å². The molecule has 1 aromatic carbocycles. The van der Waals surface area contributed by atoms with Gasteiger partial charge >= 0.3 is 7.12 Å². The predicted octanol–water partition coefficient (Wildman–Crippen LogP) is 3.35. The lowest BCUT2D eigenvalue weighted by molar-refractivity contribution is 0.00578. The van der Waals surface area contributed by atoms with E-state index in [-0.39, 0.29) is 11.9 Å². The van der Waals surface area contributed by atoms with E-state index in [0.29, 0.717) is 23.5 Å². The molecule has 1 saturated heterocycles. The minimum absolute atomic E-state index is 0.00998. The van der Waals surface area contributed by atoms with Crippen molar-refractivity contribution in [1.29, 1.82) is 0 Å². The van der Waals surface area contributed by atoms with Gasteiger partial charge in [-0.05, 0) is 64.7 Å². The lowest BCUT2D eigenvalue weighted by Crippen LogP contribution is -2.41. The summed E-state index contributed by atoms with van der Waals surface area (Å²) in [6.45, 7) is 12.9. The Morgan fingerprint density at radius 3 is 2.55 bits per heavy atom. The van der Waals surface area contributed by atoms with Crippen molar-refractivity contribution in [3.8, 4) is 0 Å². The Kier molecular flexibility index (Phi) is 5.14. The monoisotopic (exact) mass is 446 g/mol. The van der Waals surface area contributed by atoms with Crippen molar-refractivity contribution in [2.75, 3.05) is 6.54 Å². The van der Waals surface area contributed by atoms with Gasteiger partial charge in [0, 0.05) is 18.3 Å². The summed E-state index contributed by atoms with van der Waals surface area (Å²) in [5, 5.41) is 4.73. The van der Waals surface area contributed by atoms with Crippen LogP contribution in [-0.4, -0.2) is 50.3 Å². The summed E-state index contributed by atoms with van der Waals surface area (Å²) in [5.74, 6) is -0.0485. The van der Waals surface area contributed by atoms with Gasteiger partial charge in [-0.2, -0.15) is 5.10 Å². The van der Waals surface area contributed by atoms with Crippen LogP contribution in [0.15, 0.2) is 36.4 Å². The molecule has 0 unspecified atom stereocenters. The first-order valence-electron chi connectivity index (χ1n) is 11.8. The van der Waals surface area contributed by atoms with Gasteiger partial charge in [-0.15, -0.1) is 0 Å². The van der Waals surface area contributed by atoms with Crippen molar-refractivity contribution in [3.63, 3.8) is 0 Å². The van der Waals surface area contributed by atoms with Gasteiger partial charge in [-0.3, -0.25) is 4.79 Å². The maximum atomic E-state index is 13.5. The van der Waals surface area contributed by atoms with Crippen LogP contribution in [0.5, 0.6) is 0 Å². The van der Waals surface area contributed by atoms with Crippen LogP contribution in [-0.2, 0) is 22.2 Å². The summed E-state index contributed by atoms with van der Waals surface area (Å²) in [6.07, 6.45) is 1.58. The third kappa shape index (κ3) is 3.56. The van der Waals surface area contributed by atoms with Crippen LogP contribution in [0.1, 0.15) is 74.9 Å². The zero-order chi connectivity index (χ0) is 23.5. The highest BCUT2D eigenvalue weighted by Gasteiger charge is 2.52. The minimum Gasteiger partial charge on any atom is -0.398 e. The van der Waals surface area contributed by atoms with Crippen molar-refractivity contribution >= 4 is 24.3 Å². The molecule has 1 atom stereocenters. The summed E-state index contributed by atoms with van der Waals surface area (Å²) in [4.78, 5) is 20.2. The summed E-state index contributed by atoms with van der Waals surface area (Å²) in [6, 6.07) is 12.1. The number of carbonyl (C=O) groups is 1. The van der Waals surface area contributed by atoms with E-state index < -0.39 is 18.3 Å². The lowest BCUT2D eigenvalue weighted by Gasteiger charge is -2.35. The summed E-state index contributed by atoms with van der Waals surface area (Å²) >= 11 is 0. The van der Waals surface area contributed by atoms with Crippen LogP contribution in [0.25, 0.3) is 5.65 Å². The van der Waals surface area contributed by atoms with Crippen molar-refractivity contribution < 1.29 is 14.1 Å². The van der Waals surface area contributed by atoms with Crippen molar-refractivity contribution in [2.45, 2.75) is 71.6 Å².